The molecule has 2 aromatic heterocycles. The number of pyridine rings is 1. The highest BCUT2D eigenvalue weighted by Gasteiger charge is 2.33. The molecule has 0 saturated heterocycles. The second-order valence-electron chi connectivity index (χ2n) is 8.21. The number of hydrogen-bond donors (Lipinski definition) is 2. The smallest absolute Gasteiger partial charge is 0.340 e. The molecule has 2 aromatic carbocycles. The standard InChI is InChI=1S/C27H25N3O5S/c1-5-35-27(32)19-14(2)28-26-21(20(19)15-6-10-17(33-3)11-7-15)22-23(36-26)25(31)30-24(29-22)16-8-12-18(34-4)13-9-16/h6-13,24,29H,5H2,1-4H3,(H,30,31)/t24-/m0/s1. The van der Waals surface area contributed by atoms with E-state index in [1.807, 2.05) is 48.5 Å². The summed E-state index contributed by atoms with van der Waals surface area (Å²) in [6.45, 7) is 3.79. The first kappa shape index (κ1) is 23.6. The van der Waals surface area contributed by atoms with Crippen LogP contribution in [0, 0.1) is 6.92 Å². The van der Waals surface area contributed by atoms with Crippen molar-refractivity contribution in [3.63, 3.8) is 0 Å². The molecule has 0 unspecified atom stereocenters. The summed E-state index contributed by atoms with van der Waals surface area (Å²) in [6, 6.07) is 14.9. The number of nitrogens with zero attached hydrogens (tertiary/aromatic N) is 1. The van der Waals surface area contributed by atoms with Gasteiger partial charge in [0.2, 0.25) is 0 Å². The van der Waals surface area contributed by atoms with Crippen molar-refractivity contribution in [1.29, 1.82) is 0 Å². The molecule has 1 aliphatic heterocycles. The molecule has 1 amide bonds. The van der Waals surface area contributed by atoms with Crippen LogP contribution in [0.15, 0.2) is 48.5 Å². The summed E-state index contributed by atoms with van der Waals surface area (Å²) in [5.74, 6) is 0.761. The SMILES string of the molecule is CCOC(=O)c1c(C)nc2sc3c(c2c1-c1ccc(OC)cc1)N[C@H](c1ccc(OC)cc1)NC3=O. The molecule has 0 spiro atoms. The zero-order chi connectivity index (χ0) is 25.4. The number of nitrogens with one attached hydrogen (secondary N) is 2. The van der Waals surface area contributed by atoms with Gasteiger partial charge in [-0.15, -0.1) is 11.3 Å². The third-order valence-corrected chi connectivity index (χ3v) is 7.18. The Morgan fingerprint density at radius 2 is 1.64 bits per heavy atom. The van der Waals surface area contributed by atoms with Crippen LogP contribution >= 0.6 is 11.3 Å². The summed E-state index contributed by atoms with van der Waals surface area (Å²) < 4.78 is 16.0. The van der Waals surface area contributed by atoms with Crippen LogP contribution in [0.5, 0.6) is 11.5 Å². The van der Waals surface area contributed by atoms with Crippen LogP contribution in [-0.2, 0) is 4.74 Å². The van der Waals surface area contributed by atoms with E-state index in [9.17, 15) is 9.59 Å². The van der Waals surface area contributed by atoms with Crippen LogP contribution in [0.4, 0.5) is 5.69 Å². The van der Waals surface area contributed by atoms with E-state index in [0.29, 0.717) is 43.4 Å². The number of methoxy groups -OCH3 is 2. The van der Waals surface area contributed by atoms with Gasteiger partial charge in [-0.2, -0.15) is 0 Å². The van der Waals surface area contributed by atoms with Gasteiger partial charge in [0, 0.05) is 10.9 Å². The summed E-state index contributed by atoms with van der Waals surface area (Å²) in [7, 11) is 3.21. The summed E-state index contributed by atoms with van der Waals surface area (Å²) in [4.78, 5) is 32.2. The number of esters is 1. The van der Waals surface area contributed by atoms with Crippen LogP contribution in [-0.4, -0.2) is 37.7 Å². The molecule has 184 valence electrons. The van der Waals surface area contributed by atoms with Gasteiger partial charge in [0.1, 0.15) is 27.4 Å². The maximum absolute atomic E-state index is 13.2. The van der Waals surface area contributed by atoms with Gasteiger partial charge in [-0.25, -0.2) is 9.78 Å². The van der Waals surface area contributed by atoms with Crippen molar-refractivity contribution in [1.82, 2.24) is 10.3 Å². The average molecular weight is 504 g/mol. The first-order chi connectivity index (χ1) is 17.4. The molecule has 0 bridgehead atoms. The zero-order valence-corrected chi connectivity index (χ0v) is 21.1. The molecule has 4 aromatic rings. The van der Waals surface area contributed by atoms with Gasteiger partial charge in [-0.1, -0.05) is 24.3 Å². The summed E-state index contributed by atoms with van der Waals surface area (Å²) in [5, 5.41) is 7.20. The molecule has 36 heavy (non-hydrogen) atoms. The van der Waals surface area contributed by atoms with Crippen LogP contribution in [0.3, 0.4) is 0 Å². The first-order valence-electron chi connectivity index (χ1n) is 11.4. The van der Waals surface area contributed by atoms with Crippen LogP contribution < -0.4 is 20.1 Å². The Balaban J connectivity index is 1.73. The highest BCUT2D eigenvalue weighted by atomic mass is 32.1. The van der Waals surface area contributed by atoms with Crippen molar-refractivity contribution in [3.05, 3.63) is 70.2 Å². The Bertz CT molecular complexity index is 1460. The Labute approximate surface area is 212 Å². The number of thiophene rings is 1. The van der Waals surface area contributed by atoms with Crippen molar-refractivity contribution in [3.8, 4) is 22.6 Å². The number of hydrogen-bond acceptors (Lipinski definition) is 8. The van der Waals surface area contributed by atoms with Gasteiger partial charge in [-0.3, -0.25) is 4.79 Å². The molecule has 0 radical (unpaired) electrons. The molecule has 1 atom stereocenters. The summed E-state index contributed by atoms with van der Waals surface area (Å²) in [6.07, 6.45) is -0.468. The van der Waals surface area contributed by atoms with E-state index < -0.39 is 12.1 Å². The van der Waals surface area contributed by atoms with E-state index in [1.165, 1.54) is 11.3 Å². The van der Waals surface area contributed by atoms with Gasteiger partial charge in [0.05, 0.1) is 37.8 Å². The quantitative estimate of drug-likeness (QED) is 0.344. The second kappa shape index (κ2) is 9.50. The number of anilines is 1. The van der Waals surface area contributed by atoms with Crippen LogP contribution in [0.1, 0.15) is 44.4 Å². The number of carbonyl (C=O) groups excluding carboxylic acids is 2. The fourth-order valence-corrected chi connectivity index (χ4v) is 5.48. The molecular formula is C27H25N3O5S. The number of fused-ring (bicyclic) bond motifs is 3. The van der Waals surface area contributed by atoms with Gasteiger partial charge in [0.25, 0.3) is 5.91 Å². The summed E-state index contributed by atoms with van der Waals surface area (Å²) >= 11 is 1.29. The van der Waals surface area contributed by atoms with Gasteiger partial charge < -0.3 is 24.8 Å². The van der Waals surface area contributed by atoms with Gasteiger partial charge in [0.15, 0.2) is 0 Å². The lowest BCUT2D eigenvalue weighted by molar-refractivity contribution is 0.0526. The van der Waals surface area contributed by atoms with Gasteiger partial charge >= 0.3 is 5.97 Å². The van der Waals surface area contributed by atoms with Crippen molar-refractivity contribution in [2.45, 2.75) is 20.0 Å². The predicted octanol–water partition coefficient (Wildman–Crippen LogP) is 5.32. The molecule has 0 aliphatic carbocycles. The maximum Gasteiger partial charge on any atom is 0.340 e. The van der Waals surface area contributed by atoms with E-state index in [-0.39, 0.29) is 12.5 Å². The third-order valence-electron chi connectivity index (χ3n) is 6.10. The molecule has 0 saturated carbocycles. The normalized spacial score (nSPS) is 14.6. The van der Waals surface area contributed by atoms with E-state index in [1.54, 1.807) is 28.1 Å². The minimum Gasteiger partial charge on any atom is -0.497 e. The van der Waals surface area contributed by atoms with Gasteiger partial charge in [-0.05, 0) is 49.2 Å². The number of aryl methyl sites for hydroxylation is 1. The highest BCUT2D eigenvalue weighted by Crippen LogP contribution is 2.46. The fraction of sp³-hybridized carbons (Fsp3) is 0.222. The number of ether oxygens (including phenoxy) is 3. The molecule has 9 heteroatoms. The zero-order valence-electron chi connectivity index (χ0n) is 20.3. The van der Waals surface area contributed by atoms with Crippen LogP contribution in [0.2, 0.25) is 0 Å². The fourth-order valence-electron chi connectivity index (χ4n) is 4.38. The monoisotopic (exact) mass is 503 g/mol. The first-order valence-corrected chi connectivity index (χ1v) is 12.3. The Hall–Kier alpha value is -4.11. The topological polar surface area (TPSA) is 98.8 Å². The lowest BCUT2D eigenvalue weighted by Gasteiger charge is -2.27. The molecule has 2 N–H and O–H groups in total. The van der Waals surface area contributed by atoms with Crippen molar-refractivity contribution in [2.75, 3.05) is 26.1 Å². The molecule has 3 heterocycles. The molecule has 0 fully saturated rings. The molecule has 1 aliphatic rings. The highest BCUT2D eigenvalue weighted by molar-refractivity contribution is 7.21. The molecule has 5 rings (SSSR count). The largest absolute Gasteiger partial charge is 0.497 e. The third kappa shape index (κ3) is 4.01. The number of amides is 1. The predicted molar refractivity (Wildman–Crippen MR) is 139 cm³/mol. The van der Waals surface area contributed by atoms with E-state index >= 15 is 0 Å². The average Bonchev–Trinajstić information content (AvgIpc) is 3.26. The number of carbonyl (C=O) groups is 2. The lowest BCUT2D eigenvalue weighted by atomic mass is 9.94. The van der Waals surface area contributed by atoms with Crippen molar-refractivity contribution >= 4 is 39.1 Å². The van der Waals surface area contributed by atoms with E-state index in [4.69, 9.17) is 19.2 Å². The van der Waals surface area contributed by atoms with E-state index in [0.717, 1.165) is 16.9 Å². The minimum atomic E-state index is -0.468. The minimum absolute atomic E-state index is 0.205. The number of rotatable bonds is 6. The summed E-state index contributed by atoms with van der Waals surface area (Å²) in [5.41, 5.74) is 3.89. The van der Waals surface area contributed by atoms with E-state index in [2.05, 4.69) is 10.6 Å². The lowest BCUT2D eigenvalue weighted by Crippen LogP contribution is -2.37. The van der Waals surface area contributed by atoms with Crippen molar-refractivity contribution in [2.24, 2.45) is 0 Å². The maximum atomic E-state index is 13.2. The van der Waals surface area contributed by atoms with Crippen LogP contribution in [0.25, 0.3) is 21.3 Å². The Kier molecular flexibility index (Phi) is 6.24. The molecule has 8 nitrogen and oxygen atoms in total. The molecular weight excluding hydrogens is 478 g/mol. The van der Waals surface area contributed by atoms with Crippen molar-refractivity contribution < 1.29 is 23.8 Å². The Morgan fingerprint density at radius 3 is 2.25 bits per heavy atom. The number of benzene rings is 2. The Morgan fingerprint density at radius 1 is 1.00 bits per heavy atom. The second-order valence-corrected chi connectivity index (χ2v) is 9.21. The number of aromatic nitrogens is 1.